The Morgan fingerprint density at radius 3 is 3.00 bits per heavy atom. The Kier molecular flexibility index (Phi) is 4.48. The monoisotopic (exact) mass is 252 g/mol. The summed E-state index contributed by atoms with van der Waals surface area (Å²) in [7, 11) is 0. The van der Waals surface area contributed by atoms with Crippen LogP contribution in [0, 0.1) is 0 Å². The third-order valence-corrected chi connectivity index (χ3v) is 2.98. The maximum absolute atomic E-state index is 9.17. The van der Waals surface area contributed by atoms with E-state index >= 15 is 0 Å². The van der Waals surface area contributed by atoms with Crippen LogP contribution in [-0.4, -0.2) is 46.9 Å². The highest BCUT2D eigenvalue weighted by Gasteiger charge is 2.24. The molecule has 4 N–H and O–H groups in total. The molecule has 0 aromatic carbocycles. The molecule has 1 saturated heterocycles. The summed E-state index contributed by atoms with van der Waals surface area (Å²) in [5.74, 6) is 5.93. The Morgan fingerprint density at radius 2 is 2.39 bits per heavy atom. The van der Waals surface area contributed by atoms with E-state index < -0.39 is 0 Å². The normalized spacial score (nSPS) is 25.1. The molecule has 1 aliphatic rings. The van der Waals surface area contributed by atoms with Gasteiger partial charge in [0.05, 0.1) is 18.8 Å². The second-order valence-electron chi connectivity index (χ2n) is 4.64. The zero-order valence-corrected chi connectivity index (χ0v) is 10.5. The molecule has 1 aromatic rings. The molecule has 2 rings (SSSR count). The molecule has 2 unspecified atom stereocenters. The van der Waals surface area contributed by atoms with Crippen LogP contribution in [0.15, 0.2) is 18.3 Å². The van der Waals surface area contributed by atoms with E-state index in [-0.39, 0.29) is 18.8 Å². The van der Waals surface area contributed by atoms with Gasteiger partial charge in [0.1, 0.15) is 5.82 Å². The molecule has 1 aliphatic heterocycles. The Hall–Kier alpha value is -1.21. The molecule has 0 bridgehead atoms. The lowest BCUT2D eigenvalue weighted by Crippen LogP contribution is -2.47. The quantitative estimate of drug-likeness (QED) is 0.515. The van der Waals surface area contributed by atoms with Gasteiger partial charge in [-0.1, -0.05) is 6.07 Å². The molecule has 1 aromatic heterocycles. The van der Waals surface area contributed by atoms with E-state index in [1.165, 1.54) is 0 Å². The predicted molar refractivity (Wildman–Crippen MR) is 68.7 cm³/mol. The van der Waals surface area contributed by atoms with Crippen LogP contribution in [0.4, 0.5) is 5.82 Å². The van der Waals surface area contributed by atoms with Gasteiger partial charge in [0.25, 0.3) is 0 Å². The average Bonchev–Trinajstić information content (AvgIpc) is 2.39. The van der Waals surface area contributed by atoms with Gasteiger partial charge in [-0.2, -0.15) is 0 Å². The minimum absolute atomic E-state index is 0.0646. The van der Waals surface area contributed by atoms with Crippen LogP contribution in [-0.2, 0) is 11.3 Å². The number of hydrogen-bond acceptors (Lipinski definition) is 6. The number of morpholine rings is 1. The van der Waals surface area contributed by atoms with Crippen molar-refractivity contribution in [2.24, 2.45) is 5.84 Å². The van der Waals surface area contributed by atoms with E-state index in [1.807, 2.05) is 25.3 Å². The highest BCUT2D eigenvalue weighted by atomic mass is 16.5. The minimum Gasteiger partial charge on any atom is -0.394 e. The SMILES string of the molecule is CC1CN(Cc2ccc(NN)nc2)CC(CO)O1. The second kappa shape index (κ2) is 6.10. The van der Waals surface area contributed by atoms with Crippen molar-refractivity contribution in [3.63, 3.8) is 0 Å². The van der Waals surface area contributed by atoms with Gasteiger partial charge in [0, 0.05) is 25.8 Å². The molecule has 0 radical (unpaired) electrons. The van der Waals surface area contributed by atoms with E-state index in [2.05, 4.69) is 15.3 Å². The Morgan fingerprint density at radius 1 is 1.56 bits per heavy atom. The van der Waals surface area contributed by atoms with E-state index in [4.69, 9.17) is 10.6 Å². The van der Waals surface area contributed by atoms with Gasteiger partial charge in [-0.25, -0.2) is 10.8 Å². The van der Waals surface area contributed by atoms with E-state index in [9.17, 15) is 5.11 Å². The van der Waals surface area contributed by atoms with Crippen molar-refractivity contribution in [1.82, 2.24) is 9.88 Å². The molecule has 0 aliphatic carbocycles. The molecule has 0 saturated carbocycles. The van der Waals surface area contributed by atoms with Gasteiger partial charge in [0.2, 0.25) is 0 Å². The van der Waals surface area contributed by atoms with E-state index in [1.54, 1.807) is 0 Å². The van der Waals surface area contributed by atoms with Gasteiger partial charge in [-0.05, 0) is 18.6 Å². The molecular formula is C12H20N4O2. The van der Waals surface area contributed by atoms with E-state index in [0.29, 0.717) is 5.82 Å². The smallest absolute Gasteiger partial charge is 0.139 e. The minimum atomic E-state index is -0.0910. The molecule has 1 fully saturated rings. The number of nitrogens with two attached hydrogens (primary N) is 1. The number of nitrogens with zero attached hydrogens (tertiary/aromatic N) is 2. The standard InChI is InChI=1S/C12H20N4O2/c1-9-5-16(7-11(8-17)18-9)6-10-2-3-12(15-13)14-4-10/h2-4,9,11,17H,5-8,13H2,1H3,(H,14,15). The van der Waals surface area contributed by atoms with Crippen molar-refractivity contribution in [2.45, 2.75) is 25.7 Å². The van der Waals surface area contributed by atoms with Crippen molar-refractivity contribution in [3.05, 3.63) is 23.9 Å². The fourth-order valence-electron chi connectivity index (χ4n) is 2.23. The van der Waals surface area contributed by atoms with Crippen molar-refractivity contribution in [2.75, 3.05) is 25.1 Å². The number of rotatable bonds is 4. The highest BCUT2D eigenvalue weighted by Crippen LogP contribution is 2.14. The van der Waals surface area contributed by atoms with Crippen LogP contribution in [0.25, 0.3) is 0 Å². The number of hydrazine groups is 1. The molecule has 2 heterocycles. The summed E-state index contributed by atoms with van der Waals surface area (Å²) >= 11 is 0. The van der Waals surface area contributed by atoms with Crippen LogP contribution in [0.1, 0.15) is 12.5 Å². The van der Waals surface area contributed by atoms with E-state index in [0.717, 1.165) is 25.2 Å². The summed E-state index contributed by atoms with van der Waals surface area (Å²) < 4.78 is 5.61. The van der Waals surface area contributed by atoms with Crippen molar-refractivity contribution in [3.8, 4) is 0 Å². The molecule has 0 spiro atoms. The second-order valence-corrected chi connectivity index (χ2v) is 4.64. The van der Waals surface area contributed by atoms with Crippen molar-refractivity contribution >= 4 is 5.82 Å². The number of aliphatic hydroxyl groups excluding tert-OH is 1. The molecule has 0 amide bonds. The third-order valence-electron chi connectivity index (χ3n) is 2.98. The molecule has 100 valence electrons. The fourth-order valence-corrected chi connectivity index (χ4v) is 2.23. The lowest BCUT2D eigenvalue weighted by atomic mass is 10.2. The van der Waals surface area contributed by atoms with Crippen molar-refractivity contribution in [1.29, 1.82) is 0 Å². The van der Waals surface area contributed by atoms with Crippen LogP contribution < -0.4 is 11.3 Å². The van der Waals surface area contributed by atoms with Gasteiger partial charge in [0.15, 0.2) is 0 Å². The highest BCUT2D eigenvalue weighted by molar-refractivity contribution is 5.33. The fraction of sp³-hybridized carbons (Fsp3) is 0.583. The average molecular weight is 252 g/mol. The molecule has 6 heteroatoms. The topological polar surface area (TPSA) is 83.6 Å². The van der Waals surface area contributed by atoms with Crippen LogP contribution >= 0.6 is 0 Å². The Bertz CT molecular complexity index is 371. The number of pyridine rings is 1. The maximum atomic E-state index is 9.17. The first-order valence-electron chi connectivity index (χ1n) is 6.11. The number of aliphatic hydroxyl groups is 1. The summed E-state index contributed by atoms with van der Waals surface area (Å²) in [6.45, 7) is 4.51. The number of nitrogen functional groups attached to an aromatic ring is 1. The van der Waals surface area contributed by atoms with Crippen molar-refractivity contribution < 1.29 is 9.84 Å². The van der Waals surface area contributed by atoms with Gasteiger partial charge in [-0.15, -0.1) is 0 Å². The largest absolute Gasteiger partial charge is 0.394 e. The maximum Gasteiger partial charge on any atom is 0.139 e. The first kappa shape index (κ1) is 13.2. The van der Waals surface area contributed by atoms with Gasteiger partial charge >= 0.3 is 0 Å². The molecule has 18 heavy (non-hydrogen) atoms. The summed E-state index contributed by atoms with van der Waals surface area (Å²) in [4.78, 5) is 6.44. The summed E-state index contributed by atoms with van der Waals surface area (Å²) in [5, 5.41) is 9.17. The number of ether oxygens (including phenoxy) is 1. The summed E-state index contributed by atoms with van der Waals surface area (Å²) in [5.41, 5.74) is 3.63. The predicted octanol–water partition coefficient (Wildman–Crippen LogP) is -0.0512. The summed E-state index contributed by atoms with van der Waals surface area (Å²) in [6, 6.07) is 3.85. The van der Waals surface area contributed by atoms with Crippen LogP contribution in [0.2, 0.25) is 0 Å². The lowest BCUT2D eigenvalue weighted by Gasteiger charge is -2.36. The summed E-state index contributed by atoms with van der Waals surface area (Å²) in [6.07, 6.45) is 1.86. The molecule has 6 nitrogen and oxygen atoms in total. The van der Waals surface area contributed by atoms with Crippen LogP contribution in [0.5, 0.6) is 0 Å². The third kappa shape index (κ3) is 3.39. The zero-order valence-electron chi connectivity index (χ0n) is 10.5. The number of aromatic nitrogens is 1. The van der Waals surface area contributed by atoms with Gasteiger partial charge in [-0.3, -0.25) is 4.90 Å². The number of nitrogens with one attached hydrogen (secondary N) is 1. The zero-order chi connectivity index (χ0) is 13.0. The first-order valence-corrected chi connectivity index (χ1v) is 6.11. The lowest BCUT2D eigenvalue weighted by molar-refractivity contribution is -0.0972. The first-order chi connectivity index (χ1) is 8.71. The van der Waals surface area contributed by atoms with Crippen LogP contribution in [0.3, 0.4) is 0 Å². The number of hydrogen-bond donors (Lipinski definition) is 3. The molecular weight excluding hydrogens is 232 g/mol. The Balaban J connectivity index is 1.95. The molecule has 2 atom stereocenters. The number of anilines is 1. The Labute approximate surface area is 107 Å². The van der Waals surface area contributed by atoms with Gasteiger partial charge < -0.3 is 15.3 Å².